The fourth-order valence-electron chi connectivity index (χ4n) is 3.47. The maximum Gasteiger partial charge on any atom is 0.255 e. The Morgan fingerprint density at radius 3 is 2.97 bits per heavy atom. The molecule has 1 unspecified atom stereocenters. The van der Waals surface area contributed by atoms with Gasteiger partial charge in [-0.1, -0.05) is 17.3 Å². The van der Waals surface area contributed by atoms with Gasteiger partial charge >= 0.3 is 0 Å². The third-order valence-electron chi connectivity index (χ3n) is 4.99. The Balaban J connectivity index is 1.52. The number of likely N-dealkylation sites (tertiary alicyclic amines) is 1. The van der Waals surface area contributed by atoms with Crippen molar-refractivity contribution in [1.29, 1.82) is 0 Å². The van der Waals surface area contributed by atoms with Gasteiger partial charge < -0.3 is 14.2 Å². The van der Waals surface area contributed by atoms with Crippen molar-refractivity contribution in [3.63, 3.8) is 0 Å². The van der Waals surface area contributed by atoms with E-state index < -0.39 is 0 Å². The molecule has 0 radical (unpaired) electrons. The number of benzene rings is 2. The van der Waals surface area contributed by atoms with Gasteiger partial charge in [0.1, 0.15) is 11.6 Å². The van der Waals surface area contributed by atoms with E-state index in [4.69, 9.17) is 9.26 Å². The van der Waals surface area contributed by atoms with Crippen LogP contribution < -0.4 is 4.74 Å². The Morgan fingerprint density at radius 2 is 2.17 bits per heavy atom. The molecule has 0 bridgehead atoms. The van der Waals surface area contributed by atoms with Crippen LogP contribution in [0.5, 0.6) is 5.75 Å². The van der Waals surface area contributed by atoms with Crippen LogP contribution in [0.4, 0.5) is 4.39 Å². The molecule has 1 amide bonds. The van der Waals surface area contributed by atoms with Gasteiger partial charge in [-0.3, -0.25) is 4.79 Å². The summed E-state index contributed by atoms with van der Waals surface area (Å²) >= 11 is 3.45. The maximum absolute atomic E-state index is 13.5. The van der Waals surface area contributed by atoms with Gasteiger partial charge in [0, 0.05) is 23.1 Å². The zero-order valence-electron chi connectivity index (χ0n) is 15.8. The molecular formula is C21H19BrFN3O3. The van der Waals surface area contributed by atoms with Crippen LogP contribution >= 0.6 is 15.9 Å². The van der Waals surface area contributed by atoms with Crippen molar-refractivity contribution < 1.29 is 18.4 Å². The Morgan fingerprint density at radius 1 is 1.31 bits per heavy atom. The van der Waals surface area contributed by atoms with Gasteiger partial charge in [-0.05, 0) is 59.1 Å². The van der Waals surface area contributed by atoms with Crippen LogP contribution in [0, 0.1) is 5.82 Å². The van der Waals surface area contributed by atoms with Gasteiger partial charge in [-0.25, -0.2) is 4.39 Å². The first-order valence-electron chi connectivity index (χ1n) is 9.27. The number of methoxy groups -OCH3 is 1. The molecule has 1 aliphatic heterocycles. The first kappa shape index (κ1) is 19.6. The van der Waals surface area contributed by atoms with E-state index in [1.165, 1.54) is 12.1 Å². The number of ether oxygens (including phenoxy) is 1. The number of aromatic nitrogens is 2. The lowest BCUT2D eigenvalue weighted by atomic mass is 9.97. The molecule has 1 aliphatic rings. The SMILES string of the molecule is COc1ccc(Br)c(C(=O)N2CCCC(c3nc(-c4cccc(F)c4)no3)C2)c1. The zero-order chi connectivity index (χ0) is 20.4. The minimum atomic E-state index is -0.354. The van der Waals surface area contributed by atoms with Crippen molar-refractivity contribution in [1.82, 2.24) is 15.0 Å². The lowest BCUT2D eigenvalue weighted by Crippen LogP contribution is -2.39. The van der Waals surface area contributed by atoms with Crippen molar-refractivity contribution >= 4 is 21.8 Å². The Bertz CT molecular complexity index is 1040. The standard InChI is InChI=1S/C21H19BrFN3O3/c1-28-16-7-8-18(22)17(11-16)21(27)26-9-3-5-14(12-26)20-24-19(25-29-20)13-4-2-6-15(23)10-13/h2,4,6-8,10-11,14H,3,5,9,12H2,1H3. The summed E-state index contributed by atoms with van der Waals surface area (Å²) in [6.45, 7) is 1.14. The number of carbonyl (C=O) groups is 1. The summed E-state index contributed by atoms with van der Waals surface area (Å²) in [6, 6.07) is 11.4. The summed E-state index contributed by atoms with van der Waals surface area (Å²) in [4.78, 5) is 19.3. The number of amides is 1. The number of hydrogen-bond donors (Lipinski definition) is 0. The van der Waals surface area contributed by atoms with Crippen LogP contribution in [0.2, 0.25) is 0 Å². The average Bonchev–Trinajstić information content (AvgIpc) is 3.24. The van der Waals surface area contributed by atoms with Gasteiger partial charge in [-0.2, -0.15) is 4.98 Å². The largest absolute Gasteiger partial charge is 0.497 e. The van der Waals surface area contributed by atoms with E-state index in [2.05, 4.69) is 26.1 Å². The van der Waals surface area contributed by atoms with Gasteiger partial charge in [0.15, 0.2) is 0 Å². The molecule has 4 rings (SSSR count). The normalized spacial score (nSPS) is 16.7. The number of piperidine rings is 1. The second-order valence-corrected chi connectivity index (χ2v) is 7.76. The van der Waals surface area contributed by atoms with Crippen molar-refractivity contribution in [3.05, 3.63) is 64.2 Å². The van der Waals surface area contributed by atoms with Crippen LogP contribution in [0.3, 0.4) is 0 Å². The quantitative estimate of drug-likeness (QED) is 0.566. The van der Waals surface area contributed by atoms with E-state index in [0.29, 0.717) is 41.7 Å². The van der Waals surface area contributed by atoms with E-state index in [-0.39, 0.29) is 17.6 Å². The summed E-state index contributed by atoms with van der Waals surface area (Å²) in [5.41, 5.74) is 1.11. The van der Waals surface area contributed by atoms with Crippen LogP contribution in [-0.2, 0) is 0 Å². The van der Waals surface area contributed by atoms with Crippen molar-refractivity contribution in [2.24, 2.45) is 0 Å². The molecule has 1 saturated heterocycles. The molecular weight excluding hydrogens is 441 g/mol. The topological polar surface area (TPSA) is 68.5 Å². The molecule has 1 aromatic heterocycles. The summed E-state index contributed by atoms with van der Waals surface area (Å²) in [6.07, 6.45) is 1.67. The van der Waals surface area contributed by atoms with E-state index in [1.807, 2.05) is 0 Å². The van der Waals surface area contributed by atoms with Crippen LogP contribution in [0.1, 0.15) is 35.0 Å². The molecule has 2 aromatic carbocycles. The van der Waals surface area contributed by atoms with E-state index in [0.717, 1.165) is 17.3 Å². The zero-order valence-corrected chi connectivity index (χ0v) is 17.4. The molecule has 29 heavy (non-hydrogen) atoms. The van der Waals surface area contributed by atoms with Gasteiger partial charge in [-0.15, -0.1) is 0 Å². The summed E-state index contributed by atoms with van der Waals surface area (Å²) in [7, 11) is 1.57. The van der Waals surface area contributed by atoms with Gasteiger partial charge in [0.05, 0.1) is 18.6 Å². The van der Waals surface area contributed by atoms with E-state index in [9.17, 15) is 9.18 Å². The monoisotopic (exact) mass is 459 g/mol. The molecule has 150 valence electrons. The smallest absolute Gasteiger partial charge is 0.255 e. The molecule has 0 N–H and O–H groups in total. The second kappa shape index (κ2) is 8.32. The third-order valence-corrected chi connectivity index (χ3v) is 5.68. The highest BCUT2D eigenvalue weighted by molar-refractivity contribution is 9.10. The lowest BCUT2D eigenvalue weighted by Gasteiger charge is -2.31. The highest BCUT2D eigenvalue weighted by atomic mass is 79.9. The number of hydrogen-bond acceptors (Lipinski definition) is 5. The Labute approximate surface area is 175 Å². The van der Waals surface area contributed by atoms with Crippen molar-refractivity contribution in [2.45, 2.75) is 18.8 Å². The van der Waals surface area contributed by atoms with Crippen LogP contribution in [0.25, 0.3) is 11.4 Å². The number of halogens is 2. The summed E-state index contributed by atoms with van der Waals surface area (Å²) in [5, 5.41) is 3.99. The predicted molar refractivity (Wildman–Crippen MR) is 108 cm³/mol. The molecule has 3 aromatic rings. The molecule has 0 spiro atoms. The highest BCUT2D eigenvalue weighted by Gasteiger charge is 2.30. The lowest BCUT2D eigenvalue weighted by molar-refractivity contribution is 0.0694. The Kier molecular flexibility index (Phi) is 5.62. The minimum Gasteiger partial charge on any atom is -0.497 e. The third kappa shape index (κ3) is 4.17. The molecule has 2 heterocycles. The number of rotatable bonds is 4. The average molecular weight is 460 g/mol. The number of carbonyl (C=O) groups excluding carboxylic acids is 1. The summed E-state index contributed by atoms with van der Waals surface area (Å²) < 4.78 is 24.9. The van der Waals surface area contributed by atoms with Gasteiger partial charge in [0.2, 0.25) is 11.7 Å². The minimum absolute atomic E-state index is 0.0631. The fourth-order valence-corrected chi connectivity index (χ4v) is 3.89. The molecule has 0 saturated carbocycles. The second-order valence-electron chi connectivity index (χ2n) is 6.90. The number of nitrogens with zero attached hydrogens (tertiary/aromatic N) is 3. The Hall–Kier alpha value is -2.74. The predicted octanol–water partition coefficient (Wildman–Crippen LogP) is 4.67. The van der Waals surface area contributed by atoms with Crippen molar-refractivity contribution in [2.75, 3.05) is 20.2 Å². The molecule has 6 nitrogen and oxygen atoms in total. The van der Waals surface area contributed by atoms with E-state index in [1.54, 1.807) is 42.3 Å². The highest BCUT2D eigenvalue weighted by Crippen LogP contribution is 2.30. The van der Waals surface area contributed by atoms with Crippen LogP contribution in [0.15, 0.2) is 51.5 Å². The molecule has 8 heteroatoms. The van der Waals surface area contributed by atoms with Crippen molar-refractivity contribution in [3.8, 4) is 17.1 Å². The fraction of sp³-hybridized carbons (Fsp3) is 0.286. The first-order chi connectivity index (χ1) is 14.0. The first-order valence-corrected chi connectivity index (χ1v) is 10.1. The molecule has 1 atom stereocenters. The van der Waals surface area contributed by atoms with Crippen LogP contribution in [-0.4, -0.2) is 41.1 Å². The molecule has 1 fully saturated rings. The molecule has 0 aliphatic carbocycles. The van der Waals surface area contributed by atoms with Gasteiger partial charge in [0.25, 0.3) is 5.91 Å². The van der Waals surface area contributed by atoms with E-state index >= 15 is 0 Å². The maximum atomic E-state index is 13.5. The summed E-state index contributed by atoms with van der Waals surface area (Å²) in [5.74, 6) is 0.941.